The van der Waals surface area contributed by atoms with Crippen molar-refractivity contribution in [3.63, 3.8) is 0 Å². The molecule has 0 aliphatic heterocycles. The molecule has 2 saturated carbocycles. The highest BCUT2D eigenvalue weighted by Gasteiger charge is 2.62. The lowest BCUT2D eigenvalue weighted by molar-refractivity contribution is -0.213. The molecule has 0 aromatic heterocycles. The van der Waals surface area contributed by atoms with E-state index in [1.807, 2.05) is 6.92 Å². The maximum Gasteiger partial charge on any atom is 0.332 e. The maximum atomic E-state index is 12.1. The van der Waals surface area contributed by atoms with E-state index in [0.29, 0.717) is 18.8 Å². The third-order valence-electron chi connectivity index (χ3n) is 9.09. The van der Waals surface area contributed by atoms with Gasteiger partial charge in [0.2, 0.25) is 0 Å². The van der Waals surface area contributed by atoms with Gasteiger partial charge < -0.3 is 19.7 Å². The minimum absolute atomic E-state index is 0.0267. The van der Waals surface area contributed by atoms with Crippen LogP contribution in [-0.4, -0.2) is 40.8 Å². The zero-order valence-electron chi connectivity index (χ0n) is 19.0. The van der Waals surface area contributed by atoms with E-state index >= 15 is 0 Å². The molecule has 2 N–H and O–H groups in total. The second-order valence-electron chi connectivity index (χ2n) is 10.2. The Balaban J connectivity index is 2.67. The fraction of sp³-hybridized carbons (Fsp3) is 0.833. The topological polar surface area (TPSA) is 83.8 Å². The lowest BCUT2D eigenvalue weighted by Crippen LogP contribution is -2.62. The third kappa shape index (κ3) is 3.93. The number of Topliss-reactive ketones (excluding diaryl/α,β-unsaturated/α-hetero) is 1. The number of esters is 1. The van der Waals surface area contributed by atoms with Crippen LogP contribution in [0.1, 0.15) is 73.6 Å². The first-order chi connectivity index (χ1) is 13.4. The van der Waals surface area contributed by atoms with Crippen LogP contribution in [0.2, 0.25) is 0 Å². The Morgan fingerprint density at radius 2 is 1.86 bits per heavy atom. The maximum absolute atomic E-state index is 12.1. The summed E-state index contributed by atoms with van der Waals surface area (Å²) >= 11 is 0. The van der Waals surface area contributed by atoms with Gasteiger partial charge in [-0.2, -0.15) is 0 Å². The molecule has 2 aliphatic carbocycles. The first-order valence-corrected chi connectivity index (χ1v) is 11.0. The molecule has 2 aliphatic rings. The summed E-state index contributed by atoms with van der Waals surface area (Å²) in [4.78, 5) is 24.0. The van der Waals surface area contributed by atoms with E-state index in [9.17, 15) is 19.8 Å². The van der Waals surface area contributed by atoms with E-state index in [1.165, 1.54) is 0 Å². The molecule has 2 bridgehead atoms. The van der Waals surface area contributed by atoms with Crippen LogP contribution >= 0.6 is 0 Å². The number of carbonyl (C=O) groups is 2. The van der Waals surface area contributed by atoms with Crippen LogP contribution in [-0.2, 0) is 14.3 Å². The summed E-state index contributed by atoms with van der Waals surface area (Å²) in [5, 5.41) is 20.8. The predicted molar refractivity (Wildman–Crippen MR) is 113 cm³/mol. The van der Waals surface area contributed by atoms with Crippen molar-refractivity contribution in [3.05, 3.63) is 12.7 Å². The fourth-order valence-corrected chi connectivity index (χ4v) is 6.45. The summed E-state index contributed by atoms with van der Waals surface area (Å²) in [6, 6.07) is 0. The molecule has 0 aromatic carbocycles. The predicted octanol–water partition coefficient (Wildman–Crippen LogP) is 3.91. The van der Waals surface area contributed by atoms with Gasteiger partial charge in [-0.15, -0.1) is 6.58 Å². The second kappa shape index (κ2) is 8.50. The molecule has 2 rings (SSSR count). The molecule has 0 aromatic rings. The Hall–Kier alpha value is -1.20. The minimum Gasteiger partial charge on any atom is -0.460 e. The molecular weight excluding hydrogens is 368 g/mol. The van der Waals surface area contributed by atoms with Gasteiger partial charge in [-0.25, -0.2) is 4.79 Å². The highest BCUT2D eigenvalue weighted by molar-refractivity contribution is 5.75. The van der Waals surface area contributed by atoms with Crippen LogP contribution in [0.3, 0.4) is 0 Å². The van der Waals surface area contributed by atoms with E-state index in [4.69, 9.17) is 4.74 Å². The van der Waals surface area contributed by atoms with Crippen LogP contribution in [0.15, 0.2) is 12.7 Å². The normalized spacial score (nSPS) is 45.0. The molecule has 0 radical (unpaired) electrons. The molecule has 0 spiro atoms. The molecule has 0 heterocycles. The van der Waals surface area contributed by atoms with Crippen molar-refractivity contribution in [1.82, 2.24) is 0 Å². The molecular formula is C24H40O5. The lowest BCUT2D eigenvalue weighted by atomic mass is 9.42. The third-order valence-corrected chi connectivity index (χ3v) is 9.09. The van der Waals surface area contributed by atoms with Crippen LogP contribution in [0.5, 0.6) is 0 Å². The number of ether oxygens (including phenoxy) is 1. The minimum atomic E-state index is -0.664. The van der Waals surface area contributed by atoms with Crippen LogP contribution in [0.25, 0.3) is 0 Å². The number of fused-ring (bicyclic) bond motifs is 2. The van der Waals surface area contributed by atoms with E-state index in [1.54, 1.807) is 13.0 Å². The Labute approximate surface area is 175 Å². The van der Waals surface area contributed by atoms with Crippen molar-refractivity contribution in [1.29, 1.82) is 0 Å². The molecule has 166 valence electrons. The number of aliphatic hydroxyl groups excluding tert-OH is 2. The van der Waals surface area contributed by atoms with Gasteiger partial charge in [0.15, 0.2) is 0 Å². The van der Waals surface area contributed by atoms with Gasteiger partial charge in [0.25, 0.3) is 0 Å². The van der Waals surface area contributed by atoms with Crippen LogP contribution in [0.4, 0.5) is 0 Å². The summed E-state index contributed by atoms with van der Waals surface area (Å²) in [6.45, 7) is 15.6. The van der Waals surface area contributed by atoms with Crippen LogP contribution in [0, 0.1) is 34.0 Å². The van der Waals surface area contributed by atoms with Crippen molar-refractivity contribution in [2.45, 2.75) is 85.9 Å². The summed E-state index contributed by atoms with van der Waals surface area (Å²) < 4.78 is 5.84. The summed E-state index contributed by atoms with van der Waals surface area (Å²) in [5.74, 6) is -0.0684. The number of hydrogen-bond acceptors (Lipinski definition) is 5. The average Bonchev–Trinajstić information content (AvgIpc) is 2.69. The highest BCUT2D eigenvalue weighted by atomic mass is 16.6. The second-order valence-corrected chi connectivity index (χ2v) is 10.2. The van der Waals surface area contributed by atoms with Gasteiger partial charge >= 0.3 is 5.97 Å². The zero-order chi connectivity index (χ0) is 22.2. The molecule has 2 fully saturated rings. The van der Waals surface area contributed by atoms with Crippen molar-refractivity contribution < 1.29 is 24.5 Å². The first kappa shape index (κ1) is 24.1. The smallest absolute Gasteiger partial charge is 0.332 e. The highest BCUT2D eigenvalue weighted by Crippen LogP contribution is 2.65. The molecule has 5 nitrogen and oxygen atoms in total. The van der Waals surface area contributed by atoms with Gasteiger partial charge in [-0.05, 0) is 55.8 Å². The monoisotopic (exact) mass is 408 g/mol. The van der Waals surface area contributed by atoms with E-state index in [2.05, 4.69) is 34.3 Å². The Kier molecular flexibility index (Phi) is 7.06. The Bertz CT molecular complexity index is 645. The van der Waals surface area contributed by atoms with Crippen molar-refractivity contribution in [2.24, 2.45) is 34.0 Å². The first-order valence-electron chi connectivity index (χ1n) is 11.0. The van der Waals surface area contributed by atoms with Crippen molar-refractivity contribution in [2.75, 3.05) is 6.61 Å². The van der Waals surface area contributed by atoms with Gasteiger partial charge in [0.1, 0.15) is 18.5 Å². The number of aliphatic hydroxyl groups is 2. The molecule has 29 heavy (non-hydrogen) atoms. The van der Waals surface area contributed by atoms with E-state index in [0.717, 1.165) is 19.3 Å². The number of rotatable bonds is 6. The summed E-state index contributed by atoms with van der Waals surface area (Å²) in [7, 11) is 0. The van der Waals surface area contributed by atoms with E-state index < -0.39 is 30.2 Å². The van der Waals surface area contributed by atoms with Gasteiger partial charge in [0, 0.05) is 17.3 Å². The summed E-state index contributed by atoms with van der Waals surface area (Å²) in [5.41, 5.74) is -1.21. The molecule has 5 heteroatoms. The Morgan fingerprint density at radius 1 is 1.24 bits per heavy atom. The van der Waals surface area contributed by atoms with E-state index in [-0.39, 0.29) is 28.4 Å². The Morgan fingerprint density at radius 3 is 2.38 bits per heavy atom. The number of carbonyl (C=O) groups excluding carboxylic acids is 2. The van der Waals surface area contributed by atoms with Gasteiger partial charge in [-0.1, -0.05) is 40.7 Å². The van der Waals surface area contributed by atoms with Crippen molar-refractivity contribution >= 4 is 11.8 Å². The fourth-order valence-electron chi connectivity index (χ4n) is 6.45. The molecule has 0 saturated heterocycles. The summed E-state index contributed by atoms with van der Waals surface area (Å²) in [6.07, 6.45) is 4.22. The SMILES string of the molecule is C=C[C@]1(C)C[C@@H](OC(=O)CO)[C@]2(C)C(C)CC[C@@](CCC(C)=O)(C2C)[C@@H](C)[C@@H]1O. The van der Waals surface area contributed by atoms with Gasteiger partial charge in [0.05, 0.1) is 6.10 Å². The molecule has 0 amide bonds. The molecule has 2 unspecified atom stereocenters. The number of ketones is 1. The molecule has 8 atom stereocenters. The zero-order valence-corrected chi connectivity index (χ0v) is 19.0. The van der Waals surface area contributed by atoms with Crippen LogP contribution < -0.4 is 0 Å². The van der Waals surface area contributed by atoms with Crippen molar-refractivity contribution in [3.8, 4) is 0 Å². The van der Waals surface area contributed by atoms with Gasteiger partial charge in [-0.3, -0.25) is 0 Å². The lowest BCUT2D eigenvalue weighted by Gasteiger charge is -2.64. The standard InChI is InChI=1S/C24H40O5/c1-8-22(6)13-19(29-20(27)14-25)23(7)15(2)9-11-24(18(23)5,12-10-16(3)26)17(4)21(22)28/h8,15,17-19,21,25,28H,1,9-14H2,2-7H3/t15?,17-,18?,19+,21-,22+,23+,24-/m0/s1. The average molecular weight is 409 g/mol. The quantitative estimate of drug-likeness (QED) is 0.514. The number of hydrogen-bond donors (Lipinski definition) is 2. The largest absolute Gasteiger partial charge is 0.460 e.